The van der Waals surface area contributed by atoms with E-state index in [2.05, 4.69) is 19.9 Å². The Morgan fingerprint density at radius 2 is 2.10 bits per heavy atom. The van der Waals surface area contributed by atoms with Gasteiger partial charge in [-0.1, -0.05) is 11.8 Å². The van der Waals surface area contributed by atoms with Gasteiger partial charge in [-0.3, -0.25) is 14.6 Å². The highest BCUT2D eigenvalue weighted by molar-refractivity contribution is 7.99. The molecule has 0 aliphatic rings. The summed E-state index contributed by atoms with van der Waals surface area (Å²) >= 11 is 1.21. The van der Waals surface area contributed by atoms with Crippen LogP contribution in [0, 0.1) is 13.8 Å². The van der Waals surface area contributed by atoms with Crippen molar-refractivity contribution in [1.29, 1.82) is 0 Å². The van der Waals surface area contributed by atoms with Crippen molar-refractivity contribution < 1.29 is 18.7 Å². The predicted octanol–water partition coefficient (Wildman–Crippen LogP) is 3.48. The summed E-state index contributed by atoms with van der Waals surface area (Å²) < 4.78 is 12.3. The quantitative estimate of drug-likeness (QED) is 0.298. The van der Waals surface area contributed by atoms with Crippen LogP contribution in [0.5, 0.6) is 0 Å². The molecule has 0 unspecified atom stereocenters. The van der Waals surface area contributed by atoms with E-state index in [0.717, 1.165) is 17.0 Å². The molecule has 0 atom stereocenters. The van der Waals surface area contributed by atoms with Crippen molar-refractivity contribution in [2.75, 3.05) is 12.9 Å². The smallest absolute Gasteiger partial charge is 0.305 e. The van der Waals surface area contributed by atoms with Crippen molar-refractivity contribution >= 4 is 23.5 Å². The summed E-state index contributed by atoms with van der Waals surface area (Å²) in [6.45, 7) is 4.52. The molecule has 0 spiro atoms. The molecule has 0 aliphatic heterocycles. The molecule has 0 radical (unpaired) electrons. The van der Waals surface area contributed by atoms with Gasteiger partial charge in [0.2, 0.25) is 5.89 Å². The van der Waals surface area contributed by atoms with E-state index in [9.17, 15) is 9.59 Å². The van der Waals surface area contributed by atoms with Gasteiger partial charge in [-0.2, -0.15) is 0 Å². The Morgan fingerprint density at radius 3 is 2.83 bits per heavy atom. The van der Waals surface area contributed by atoms with E-state index in [1.54, 1.807) is 18.5 Å². The molecular formula is C20H22N4O4S. The molecule has 0 saturated heterocycles. The highest BCUT2D eigenvalue weighted by Gasteiger charge is 2.18. The fraction of sp³-hybridized carbons (Fsp3) is 0.350. The first-order valence-corrected chi connectivity index (χ1v) is 10.1. The van der Waals surface area contributed by atoms with Crippen LogP contribution in [-0.2, 0) is 16.1 Å². The molecule has 152 valence electrons. The second-order valence-corrected chi connectivity index (χ2v) is 7.37. The van der Waals surface area contributed by atoms with E-state index in [4.69, 9.17) is 4.42 Å². The van der Waals surface area contributed by atoms with Crippen molar-refractivity contribution in [2.45, 2.75) is 38.5 Å². The van der Waals surface area contributed by atoms with Gasteiger partial charge in [0.15, 0.2) is 5.78 Å². The average molecular weight is 414 g/mol. The number of ketones is 1. The van der Waals surface area contributed by atoms with Crippen LogP contribution in [-0.4, -0.2) is 44.4 Å². The number of aromatic nitrogens is 4. The number of nitrogens with zero attached hydrogens (tertiary/aromatic N) is 4. The van der Waals surface area contributed by atoms with Crippen molar-refractivity contribution in [2.24, 2.45) is 0 Å². The Bertz CT molecular complexity index is 997. The molecule has 0 aromatic carbocycles. The van der Waals surface area contributed by atoms with E-state index in [0.29, 0.717) is 36.1 Å². The molecule has 29 heavy (non-hydrogen) atoms. The van der Waals surface area contributed by atoms with Crippen LogP contribution < -0.4 is 0 Å². The number of hydrogen-bond donors (Lipinski definition) is 0. The lowest BCUT2D eigenvalue weighted by atomic mass is 10.2. The normalized spacial score (nSPS) is 10.9. The molecule has 0 bridgehead atoms. The van der Waals surface area contributed by atoms with Crippen LogP contribution >= 0.6 is 11.8 Å². The second kappa shape index (κ2) is 9.51. The van der Waals surface area contributed by atoms with Crippen molar-refractivity contribution in [3.63, 3.8) is 0 Å². The number of ether oxygens (including phenoxy) is 1. The Labute approximate surface area is 172 Å². The summed E-state index contributed by atoms with van der Waals surface area (Å²) in [6, 6.07) is 5.50. The third-order valence-corrected chi connectivity index (χ3v) is 5.32. The maximum absolute atomic E-state index is 12.7. The monoisotopic (exact) mass is 414 g/mol. The molecule has 3 rings (SSSR count). The number of carbonyl (C=O) groups is 2. The van der Waals surface area contributed by atoms with Crippen LogP contribution in [0.2, 0.25) is 0 Å². The highest BCUT2D eigenvalue weighted by Crippen LogP contribution is 2.24. The van der Waals surface area contributed by atoms with Gasteiger partial charge in [0.1, 0.15) is 0 Å². The maximum atomic E-state index is 12.7. The highest BCUT2D eigenvalue weighted by atomic mass is 32.2. The topological polar surface area (TPSA) is 100 Å². The third kappa shape index (κ3) is 5.11. The molecule has 8 nitrogen and oxygen atoms in total. The molecule has 0 fully saturated rings. The number of aryl methyl sites for hydroxylation is 1. The first-order valence-electron chi connectivity index (χ1n) is 9.13. The summed E-state index contributed by atoms with van der Waals surface area (Å²) in [5.74, 6) is 0.326. The fourth-order valence-corrected chi connectivity index (χ4v) is 3.64. The lowest BCUT2D eigenvalue weighted by molar-refractivity contribution is -0.140. The minimum atomic E-state index is -0.231. The standard InChI is InChI=1S/C20H22N4O4S/c1-13-10-16(14(2)24(13)9-5-7-18(26)27-3)17(25)12-29-20-23-22-19(28-20)15-6-4-8-21-11-15/h4,6,8,10-11H,5,7,9,12H2,1-3H3. The number of Topliss-reactive ketones (excluding diaryl/α,β-unsaturated/α-hetero) is 1. The van der Waals surface area contributed by atoms with Crippen molar-refractivity contribution in [3.8, 4) is 11.5 Å². The van der Waals surface area contributed by atoms with E-state index in [1.165, 1.54) is 18.9 Å². The zero-order valence-electron chi connectivity index (χ0n) is 16.5. The summed E-state index contributed by atoms with van der Waals surface area (Å²) in [5, 5.41) is 8.32. The van der Waals surface area contributed by atoms with Crippen LogP contribution in [0.15, 0.2) is 40.2 Å². The molecule has 0 N–H and O–H groups in total. The number of thioether (sulfide) groups is 1. The maximum Gasteiger partial charge on any atom is 0.305 e. The molecule has 3 aromatic rings. The third-order valence-electron chi connectivity index (χ3n) is 4.51. The van der Waals surface area contributed by atoms with Crippen molar-refractivity contribution in [1.82, 2.24) is 19.7 Å². The van der Waals surface area contributed by atoms with Gasteiger partial charge >= 0.3 is 5.97 Å². The first kappa shape index (κ1) is 20.8. The fourth-order valence-electron chi connectivity index (χ4n) is 2.99. The first-order chi connectivity index (χ1) is 14.0. The Kier molecular flexibility index (Phi) is 6.82. The van der Waals surface area contributed by atoms with Crippen LogP contribution in [0.25, 0.3) is 11.5 Å². The van der Waals surface area contributed by atoms with E-state index < -0.39 is 0 Å². The number of esters is 1. The zero-order valence-corrected chi connectivity index (χ0v) is 17.4. The Morgan fingerprint density at radius 1 is 1.28 bits per heavy atom. The lowest BCUT2D eigenvalue weighted by Gasteiger charge is -2.09. The molecule has 0 saturated carbocycles. The van der Waals surface area contributed by atoms with E-state index in [1.807, 2.05) is 30.5 Å². The predicted molar refractivity (Wildman–Crippen MR) is 108 cm³/mol. The molecule has 0 aliphatic carbocycles. The average Bonchev–Trinajstić information content (AvgIpc) is 3.32. The van der Waals surface area contributed by atoms with Gasteiger partial charge in [0, 0.05) is 42.3 Å². The van der Waals surface area contributed by atoms with Crippen LogP contribution in [0.1, 0.15) is 34.6 Å². The number of rotatable bonds is 9. The van der Waals surface area contributed by atoms with Gasteiger partial charge in [-0.15, -0.1) is 10.2 Å². The summed E-state index contributed by atoms with van der Waals surface area (Å²) in [5.41, 5.74) is 3.27. The summed E-state index contributed by atoms with van der Waals surface area (Å²) in [6.07, 6.45) is 4.32. The summed E-state index contributed by atoms with van der Waals surface area (Å²) in [4.78, 5) is 28.0. The largest absolute Gasteiger partial charge is 0.469 e. The second-order valence-electron chi connectivity index (χ2n) is 6.44. The molecule has 3 heterocycles. The zero-order chi connectivity index (χ0) is 20.8. The van der Waals surface area contributed by atoms with E-state index in [-0.39, 0.29) is 17.5 Å². The number of pyridine rings is 1. The van der Waals surface area contributed by atoms with Crippen LogP contribution in [0.4, 0.5) is 0 Å². The molecule has 0 amide bonds. The van der Waals surface area contributed by atoms with Gasteiger partial charge in [0.25, 0.3) is 5.22 Å². The Balaban J connectivity index is 1.60. The van der Waals surface area contributed by atoms with Gasteiger partial charge < -0.3 is 13.7 Å². The molecular weight excluding hydrogens is 392 g/mol. The Hall–Kier alpha value is -2.94. The van der Waals surface area contributed by atoms with E-state index >= 15 is 0 Å². The van der Waals surface area contributed by atoms with Gasteiger partial charge in [-0.25, -0.2) is 0 Å². The minimum Gasteiger partial charge on any atom is -0.469 e. The lowest BCUT2D eigenvalue weighted by Crippen LogP contribution is -2.08. The SMILES string of the molecule is COC(=O)CCCn1c(C)cc(C(=O)CSc2nnc(-c3cccnc3)o2)c1C. The number of hydrogen-bond acceptors (Lipinski definition) is 8. The molecule has 9 heteroatoms. The van der Waals surface area contributed by atoms with Gasteiger partial charge in [0.05, 0.1) is 18.4 Å². The van der Waals surface area contributed by atoms with Crippen LogP contribution in [0.3, 0.4) is 0 Å². The minimum absolute atomic E-state index is 0.0107. The van der Waals surface area contributed by atoms with Crippen molar-refractivity contribution in [3.05, 3.63) is 47.5 Å². The number of carbonyl (C=O) groups excluding carboxylic acids is 2. The number of methoxy groups -OCH3 is 1. The molecule has 3 aromatic heterocycles. The van der Waals surface area contributed by atoms with Gasteiger partial charge in [-0.05, 0) is 38.5 Å². The summed E-state index contributed by atoms with van der Waals surface area (Å²) in [7, 11) is 1.38.